The second kappa shape index (κ2) is 10.1. The van der Waals surface area contributed by atoms with E-state index >= 15 is 0 Å². The molecular formula is C20H20F3N3O5S. The molecule has 8 nitrogen and oxygen atoms in total. The largest absolute Gasteiger partial charge is 0.360 e. The van der Waals surface area contributed by atoms with Gasteiger partial charge in [0.05, 0.1) is 13.2 Å². The van der Waals surface area contributed by atoms with Crippen LogP contribution in [0.3, 0.4) is 0 Å². The number of hydrogen-bond donors (Lipinski definition) is 2. The number of hydrogen-bond acceptors (Lipinski definition) is 5. The quantitative estimate of drug-likeness (QED) is 0.618. The molecule has 1 atom stereocenters. The normalized spacial score (nSPS) is 17.0. The van der Waals surface area contributed by atoms with Gasteiger partial charge in [-0.15, -0.1) is 0 Å². The van der Waals surface area contributed by atoms with Crippen LogP contribution < -0.4 is 10.6 Å². The van der Waals surface area contributed by atoms with Crippen molar-refractivity contribution in [3.8, 4) is 0 Å². The molecule has 1 heterocycles. The maximum absolute atomic E-state index is 14.1. The van der Waals surface area contributed by atoms with Crippen molar-refractivity contribution in [1.29, 1.82) is 0 Å². The minimum atomic E-state index is -4.47. The van der Waals surface area contributed by atoms with Gasteiger partial charge in [-0.1, -0.05) is 12.1 Å². The van der Waals surface area contributed by atoms with Crippen LogP contribution in [0, 0.1) is 17.5 Å². The highest BCUT2D eigenvalue weighted by Crippen LogP contribution is 2.24. The zero-order valence-electron chi connectivity index (χ0n) is 16.7. The molecule has 2 N–H and O–H groups in total. The van der Waals surface area contributed by atoms with E-state index < -0.39 is 50.4 Å². The third-order valence-corrected chi connectivity index (χ3v) is 6.55. The molecular weight excluding hydrogens is 451 g/mol. The lowest BCUT2D eigenvalue weighted by atomic mass is 10.2. The summed E-state index contributed by atoms with van der Waals surface area (Å²) < 4.78 is 72.4. The molecule has 0 bridgehead atoms. The lowest BCUT2D eigenvalue weighted by Gasteiger charge is -2.34. The summed E-state index contributed by atoms with van der Waals surface area (Å²) in [7, 11) is -4.47. The molecule has 1 aliphatic heterocycles. The van der Waals surface area contributed by atoms with Crippen molar-refractivity contribution in [1.82, 2.24) is 14.9 Å². The number of amides is 2. The lowest BCUT2D eigenvalue weighted by molar-refractivity contribution is -0.140. The van der Waals surface area contributed by atoms with Crippen molar-refractivity contribution >= 4 is 21.8 Å². The summed E-state index contributed by atoms with van der Waals surface area (Å²) >= 11 is 0. The molecule has 0 spiro atoms. The fourth-order valence-corrected chi connectivity index (χ4v) is 4.67. The number of nitrogens with zero attached hydrogens (tertiary/aromatic N) is 1. The first-order chi connectivity index (χ1) is 15.2. The van der Waals surface area contributed by atoms with Gasteiger partial charge in [-0.05, 0) is 42.3 Å². The van der Waals surface area contributed by atoms with Crippen molar-refractivity contribution in [3.05, 3.63) is 65.5 Å². The summed E-state index contributed by atoms with van der Waals surface area (Å²) in [6.07, 6.45) is -0.913. The monoisotopic (exact) mass is 471 g/mol. The fourth-order valence-electron chi connectivity index (χ4n) is 3.03. The van der Waals surface area contributed by atoms with Crippen molar-refractivity contribution in [3.63, 3.8) is 0 Å². The van der Waals surface area contributed by atoms with Crippen LogP contribution >= 0.6 is 0 Å². The Morgan fingerprint density at radius 1 is 1.00 bits per heavy atom. The number of halogens is 3. The van der Waals surface area contributed by atoms with Crippen molar-refractivity contribution < 1.29 is 35.9 Å². The first kappa shape index (κ1) is 23.7. The maximum atomic E-state index is 14.1. The van der Waals surface area contributed by atoms with E-state index in [-0.39, 0.29) is 26.2 Å². The minimum Gasteiger partial charge on any atom is -0.360 e. The van der Waals surface area contributed by atoms with Gasteiger partial charge in [0.2, 0.25) is 10.0 Å². The Morgan fingerprint density at radius 3 is 2.38 bits per heavy atom. The van der Waals surface area contributed by atoms with Gasteiger partial charge in [0.1, 0.15) is 28.6 Å². The average molecular weight is 471 g/mol. The molecule has 0 aromatic heterocycles. The van der Waals surface area contributed by atoms with Crippen molar-refractivity contribution in [2.75, 3.05) is 19.7 Å². The standard InChI is InChI=1S/C20H20F3N3O5S/c21-14-4-2-13(3-5-14)11-24-19(27)20(28)25-12-18-26(8-1-9-31-18)32(29,30)17-10-15(22)6-7-16(17)23/h2-7,10,18H,1,8-9,11-12H2,(H,24,27)(H,25,28)/t18-/m0/s1. The number of nitrogens with one attached hydrogen (secondary N) is 2. The lowest BCUT2D eigenvalue weighted by Crippen LogP contribution is -2.53. The Balaban J connectivity index is 1.62. The third-order valence-electron chi connectivity index (χ3n) is 4.64. The van der Waals surface area contributed by atoms with E-state index in [4.69, 9.17) is 4.74 Å². The van der Waals surface area contributed by atoms with Crippen LogP contribution in [0.4, 0.5) is 13.2 Å². The molecule has 0 saturated carbocycles. The van der Waals surface area contributed by atoms with Gasteiger partial charge >= 0.3 is 11.8 Å². The zero-order chi connectivity index (χ0) is 23.3. The van der Waals surface area contributed by atoms with Crippen molar-refractivity contribution in [2.24, 2.45) is 0 Å². The summed E-state index contributed by atoms with van der Waals surface area (Å²) in [5, 5.41) is 4.62. The van der Waals surface area contributed by atoms with E-state index in [9.17, 15) is 31.2 Å². The Hall–Kier alpha value is -2.96. The average Bonchev–Trinajstić information content (AvgIpc) is 2.78. The van der Waals surface area contributed by atoms with Gasteiger partial charge in [0.25, 0.3) is 0 Å². The fraction of sp³-hybridized carbons (Fsp3) is 0.300. The number of rotatable bonds is 6. The topological polar surface area (TPSA) is 105 Å². The predicted octanol–water partition coefficient (Wildman–Crippen LogP) is 1.27. The minimum absolute atomic E-state index is 0.0220. The number of sulfonamides is 1. The summed E-state index contributed by atoms with van der Waals surface area (Å²) in [6.45, 7) is -0.282. The van der Waals surface area contributed by atoms with E-state index in [1.165, 1.54) is 24.3 Å². The van der Waals surface area contributed by atoms with Gasteiger partial charge in [-0.3, -0.25) is 9.59 Å². The molecule has 0 aliphatic carbocycles. The molecule has 2 aromatic rings. The summed E-state index contributed by atoms with van der Waals surface area (Å²) in [5.41, 5.74) is 0.567. The molecule has 32 heavy (non-hydrogen) atoms. The molecule has 0 radical (unpaired) electrons. The van der Waals surface area contributed by atoms with Crippen LogP contribution in [-0.2, 0) is 30.9 Å². The molecule has 172 valence electrons. The maximum Gasteiger partial charge on any atom is 0.309 e. The van der Waals surface area contributed by atoms with E-state index in [0.717, 1.165) is 10.4 Å². The van der Waals surface area contributed by atoms with Gasteiger partial charge in [0, 0.05) is 13.1 Å². The molecule has 1 fully saturated rings. The molecule has 1 aliphatic rings. The highest BCUT2D eigenvalue weighted by Gasteiger charge is 2.36. The van der Waals surface area contributed by atoms with E-state index in [2.05, 4.69) is 10.6 Å². The molecule has 2 aromatic carbocycles. The second-order valence-corrected chi connectivity index (χ2v) is 8.75. The first-order valence-corrected chi connectivity index (χ1v) is 11.0. The Labute approximate surface area is 182 Å². The number of benzene rings is 2. The van der Waals surface area contributed by atoms with Gasteiger partial charge in [0.15, 0.2) is 0 Å². The van der Waals surface area contributed by atoms with Crippen LogP contribution in [0.2, 0.25) is 0 Å². The second-order valence-electron chi connectivity index (χ2n) is 6.89. The molecule has 0 unspecified atom stereocenters. The highest BCUT2D eigenvalue weighted by molar-refractivity contribution is 7.89. The predicted molar refractivity (Wildman–Crippen MR) is 106 cm³/mol. The van der Waals surface area contributed by atoms with E-state index in [1.54, 1.807) is 0 Å². The number of carbonyl (C=O) groups excluding carboxylic acids is 2. The number of ether oxygens (including phenoxy) is 1. The first-order valence-electron chi connectivity index (χ1n) is 9.57. The molecule has 2 amide bonds. The Kier molecular flexibility index (Phi) is 7.48. The van der Waals surface area contributed by atoms with Gasteiger partial charge < -0.3 is 15.4 Å². The smallest absolute Gasteiger partial charge is 0.309 e. The molecule has 1 saturated heterocycles. The Morgan fingerprint density at radius 2 is 1.66 bits per heavy atom. The van der Waals surface area contributed by atoms with Crippen LogP contribution in [0.1, 0.15) is 12.0 Å². The SMILES string of the molecule is O=C(NCc1ccc(F)cc1)C(=O)NC[C@@H]1OCCCN1S(=O)(=O)c1cc(F)ccc1F. The van der Waals surface area contributed by atoms with Crippen molar-refractivity contribution in [2.45, 2.75) is 24.1 Å². The van der Waals surface area contributed by atoms with Gasteiger partial charge in [-0.2, -0.15) is 4.31 Å². The summed E-state index contributed by atoms with van der Waals surface area (Å²) in [5.74, 6) is -4.53. The molecule has 3 rings (SSSR count). The van der Waals surface area contributed by atoms with Crippen LogP contribution in [-0.4, -0.2) is 50.5 Å². The van der Waals surface area contributed by atoms with E-state index in [0.29, 0.717) is 24.1 Å². The van der Waals surface area contributed by atoms with Crippen LogP contribution in [0.15, 0.2) is 47.4 Å². The molecule has 12 heteroatoms. The number of carbonyl (C=O) groups is 2. The van der Waals surface area contributed by atoms with Crippen LogP contribution in [0.5, 0.6) is 0 Å². The Bertz CT molecular complexity index is 1100. The summed E-state index contributed by atoms with van der Waals surface area (Å²) in [6, 6.07) is 7.36. The van der Waals surface area contributed by atoms with Gasteiger partial charge in [-0.25, -0.2) is 21.6 Å². The highest BCUT2D eigenvalue weighted by atomic mass is 32.2. The third kappa shape index (κ3) is 5.64. The zero-order valence-corrected chi connectivity index (χ0v) is 17.5. The summed E-state index contributed by atoms with van der Waals surface area (Å²) in [4.78, 5) is 23.2. The van der Waals surface area contributed by atoms with Crippen LogP contribution in [0.25, 0.3) is 0 Å². The van der Waals surface area contributed by atoms with E-state index in [1.807, 2.05) is 0 Å².